The van der Waals surface area contributed by atoms with E-state index in [1.165, 1.54) is 0 Å². The smallest absolute Gasteiger partial charge is 0.425 e. The Balaban J connectivity index is 1.63. The van der Waals surface area contributed by atoms with Gasteiger partial charge in [-0.25, -0.2) is 4.98 Å². The zero-order valence-corrected chi connectivity index (χ0v) is 15.1. The SMILES string of the molecule is CC(C)c1nnc(C[C@H]2OC[C@H](Nc3cncc(C(F)(F)F)n3)[C@@H](O)[C@H]2O)o1. The van der Waals surface area contributed by atoms with Crippen LogP contribution in [-0.2, 0) is 17.3 Å². The summed E-state index contributed by atoms with van der Waals surface area (Å²) in [6.45, 7) is 3.70. The second-order valence-corrected chi connectivity index (χ2v) is 6.78. The van der Waals surface area contributed by atoms with Gasteiger partial charge in [0.15, 0.2) is 5.69 Å². The molecule has 12 heteroatoms. The normalized spacial score (nSPS) is 25.9. The van der Waals surface area contributed by atoms with Crippen LogP contribution in [0.5, 0.6) is 0 Å². The Morgan fingerprint density at radius 2 is 1.96 bits per heavy atom. The summed E-state index contributed by atoms with van der Waals surface area (Å²) in [7, 11) is 0. The first-order valence-corrected chi connectivity index (χ1v) is 8.61. The Morgan fingerprint density at radius 3 is 2.61 bits per heavy atom. The fraction of sp³-hybridized carbons (Fsp3) is 0.625. The molecule has 0 aliphatic carbocycles. The van der Waals surface area contributed by atoms with E-state index in [1.807, 2.05) is 13.8 Å². The van der Waals surface area contributed by atoms with Gasteiger partial charge in [-0.15, -0.1) is 10.2 Å². The van der Waals surface area contributed by atoms with Crippen molar-refractivity contribution in [1.29, 1.82) is 0 Å². The Morgan fingerprint density at radius 1 is 1.21 bits per heavy atom. The van der Waals surface area contributed by atoms with Crippen LogP contribution in [0.1, 0.15) is 37.2 Å². The predicted molar refractivity (Wildman–Crippen MR) is 88.3 cm³/mol. The third kappa shape index (κ3) is 4.56. The number of hydrogen-bond donors (Lipinski definition) is 3. The van der Waals surface area contributed by atoms with E-state index in [0.717, 1.165) is 6.20 Å². The van der Waals surface area contributed by atoms with Gasteiger partial charge < -0.3 is 24.7 Å². The van der Waals surface area contributed by atoms with E-state index in [2.05, 4.69) is 25.5 Å². The van der Waals surface area contributed by atoms with Crippen molar-refractivity contribution in [3.63, 3.8) is 0 Å². The van der Waals surface area contributed by atoms with E-state index in [4.69, 9.17) is 9.15 Å². The molecule has 1 fully saturated rings. The molecule has 4 atom stereocenters. The van der Waals surface area contributed by atoms with Gasteiger partial charge in [-0.2, -0.15) is 13.2 Å². The minimum absolute atomic E-state index is 0.0474. The summed E-state index contributed by atoms with van der Waals surface area (Å²) in [5.74, 6) is 0.566. The first-order valence-electron chi connectivity index (χ1n) is 8.61. The number of aliphatic hydroxyl groups is 2. The standard InChI is InChI=1S/C16H20F3N5O4/c1-7(2)15-24-23-12(28-15)3-9-14(26)13(25)8(6-27-9)21-11-5-20-4-10(22-11)16(17,18)19/h4-5,7-9,13-14,25-26H,3,6H2,1-2H3,(H,21,22)/t8-,9+,13+,14-/m0/s1. The second-order valence-electron chi connectivity index (χ2n) is 6.78. The van der Waals surface area contributed by atoms with Crippen LogP contribution >= 0.6 is 0 Å². The molecular formula is C16H20F3N5O4. The number of anilines is 1. The van der Waals surface area contributed by atoms with Gasteiger partial charge in [0.05, 0.1) is 37.6 Å². The maximum atomic E-state index is 12.7. The van der Waals surface area contributed by atoms with Gasteiger partial charge in [0, 0.05) is 5.92 Å². The number of aliphatic hydroxyl groups excluding tert-OH is 2. The minimum atomic E-state index is -4.64. The van der Waals surface area contributed by atoms with Crippen molar-refractivity contribution in [1.82, 2.24) is 20.2 Å². The molecule has 0 amide bonds. The summed E-state index contributed by atoms with van der Waals surface area (Å²) < 4.78 is 49.2. The van der Waals surface area contributed by atoms with Crippen LogP contribution < -0.4 is 5.32 Å². The lowest BCUT2D eigenvalue weighted by Crippen LogP contribution is -2.56. The van der Waals surface area contributed by atoms with E-state index in [9.17, 15) is 23.4 Å². The van der Waals surface area contributed by atoms with E-state index < -0.39 is 36.2 Å². The second kappa shape index (κ2) is 7.97. The highest BCUT2D eigenvalue weighted by Gasteiger charge is 2.40. The summed E-state index contributed by atoms with van der Waals surface area (Å²) in [5, 5.41) is 31.1. The maximum absolute atomic E-state index is 12.7. The molecule has 0 aromatic carbocycles. The van der Waals surface area contributed by atoms with Crippen molar-refractivity contribution < 1.29 is 32.5 Å². The van der Waals surface area contributed by atoms with E-state index in [0.29, 0.717) is 12.1 Å². The predicted octanol–water partition coefficient (Wildman–Crippen LogP) is 1.15. The number of alkyl halides is 3. The van der Waals surface area contributed by atoms with Crippen molar-refractivity contribution in [2.45, 2.75) is 56.7 Å². The molecule has 28 heavy (non-hydrogen) atoms. The van der Waals surface area contributed by atoms with Crippen LogP contribution in [0.15, 0.2) is 16.8 Å². The number of ether oxygens (including phenoxy) is 1. The highest BCUT2D eigenvalue weighted by molar-refractivity contribution is 5.34. The highest BCUT2D eigenvalue weighted by atomic mass is 19.4. The Bertz CT molecular complexity index is 801. The lowest BCUT2D eigenvalue weighted by Gasteiger charge is -2.37. The topological polar surface area (TPSA) is 126 Å². The molecule has 0 bridgehead atoms. The molecule has 154 valence electrons. The molecule has 0 spiro atoms. The fourth-order valence-corrected chi connectivity index (χ4v) is 2.71. The molecule has 1 aliphatic rings. The summed E-state index contributed by atoms with van der Waals surface area (Å²) in [6.07, 6.45) is -6.31. The summed E-state index contributed by atoms with van der Waals surface area (Å²) in [6, 6.07) is -0.877. The molecule has 3 N–H and O–H groups in total. The first kappa shape index (κ1) is 20.4. The lowest BCUT2D eigenvalue weighted by molar-refractivity contribution is -0.142. The van der Waals surface area contributed by atoms with Crippen LogP contribution in [-0.4, -0.2) is 61.3 Å². The molecule has 0 radical (unpaired) electrons. The van der Waals surface area contributed by atoms with Gasteiger partial charge in [-0.05, 0) is 0 Å². The highest BCUT2D eigenvalue weighted by Crippen LogP contribution is 2.28. The molecule has 3 rings (SSSR count). The van der Waals surface area contributed by atoms with Crippen molar-refractivity contribution in [3.8, 4) is 0 Å². The molecule has 3 heterocycles. The molecule has 0 unspecified atom stereocenters. The molecule has 2 aromatic heterocycles. The number of nitrogens with zero attached hydrogens (tertiary/aromatic N) is 4. The van der Waals surface area contributed by atoms with Crippen molar-refractivity contribution in [2.24, 2.45) is 0 Å². The maximum Gasteiger partial charge on any atom is 0.434 e. The number of rotatable bonds is 5. The van der Waals surface area contributed by atoms with Gasteiger partial charge in [-0.3, -0.25) is 4.98 Å². The van der Waals surface area contributed by atoms with Gasteiger partial charge in [0.2, 0.25) is 11.8 Å². The molecule has 0 saturated carbocycles. The van der Waals surface area contributed by atoms with Gasteiger partial charge in [0.1, 0.15) is 18.0 Å². The third-order valence-electron chi connectivity index (χ3n) is 4.24. The summed E-state index contributed by atoms with van der Waals surface area (Å²) in [4.78, 5) is 6.91. The average Bonchev–Trinajstić information content (AvgIpc) is 3.10. The third-order valence-corrected chi connectivity index (χ3v) is 4.24. The van der Waals surface area contributed by atoms with Gasteiger partial charge >= 0.3 is 6.18 Å². The molecule has 1 saturated heterocycles. The molecule has 2 aromatic rings. The fourth-order valence-electron chi connectivity index (χ4n) is 2.71. The number of nitrogens with one attached hydrogen (secondary N) is 1. The van der Waals surface area contributed by atoms with E-state index >= 15 is 0 Å². The van der Waals surface area contributed by atoms with Crippen molar-refractivity contribution in [3.05, 3.63) is 29.9 Å². The number of aromatic nitrogens is 4. The van der Waals surface area contributed by atoms with E-state index in [1.54, 1.807) is 0 Å². The molecular weight excluding hydrogens is 383 g/mol. The molecule has 9 nitrogen and oxygen atoms in total. The van der Waals surface area contributed by atoms with Crippen molar-refractivity contribution >= 4 is 5.82 Å². The lowest BCUT2D eigenvalue weighted by atomic mass is 9.96. The Hall–Kier alpha value is -2.31. The van der Waals surface area contributed by atoms with Crippen molar-refractivity contribution in [2.75, 3.05) is 11.9 Å². The number of hydrogen-bond acceptors (Lipinski definition) is 9. The summed E-state index contributed by atoms with van der Waals surface area (Å²) >= 11 is 0. The average molecular weight is 403 g/mol. The van der Waals surface area contributed by atoms with Gasteiger partial charge in [0.25, 0.3) is 0 Å². The minimum Gasteiger partial charge on any atom is -0.425 e. The van der Waals surface area contributed by atoms with Crippen LogP contribution in [0.25, 0.3) is 0 Å². The zero-order chi connectivity index (χ0) is 20.5. The quantitative estimate of drug-likeness (QED) is 0.674. The van der Waals surface area contributed by atoms with Gasteiger partial charge in [-0.1, -0.05) is 13.8 Å². The van der Waals surface area contributed by atoms with Crippen LogP contribution in [0.3, 0.4) is 0 Å². The zero-order valence-electron chi connectivity index (χ0n) is 15.1. The van der Waals surface area contributed by atoms with Crippen LogP contribution in [0, 0.1) is 0 Å². The molecule has 1 aliphatic heterocycles. The van der Waals surface area contributed by atoms with E-state index in [-0.39, 0.29) is 30.7 Å². The largest absolute Gasteiger partial charge is 0.434 e. The first-order chi connectivity index (χ1) is 13.1. The Kier molecular flexibility index (Phi) is 5.82. The number of halogens is 3. The summed E-state index contributed by atoms with van der Waals surface area (Å²) in [5.41, 5.74) is -1.17. The van der Waals surface area contributed by atoms with Crippen LogP contribution in [0.2, 0.25) is 0 Å². The monoisotopic (exact) mass is 403 g/mol. The van der Waals surface area contributed by atoms with Crippen LogP contribution in [0.4, 0.5) is 19.0 Å². The Labute approximate surface area is 158 Å².